The molecule has 5 rings (SSSR count). The van der Waals surface area contributed by atoms with Gasteiger partial charge in [0.25, 0.3) is 0 Å². The molecular formula is C27H30F2N4O2S. The number of hydrogen-bond donors (Lipinski definition) is 0. The Labute approximate surface area is 210 Å². The van der Waals surface area contributed by atoms with E-state index in [2.05, 4.69) is 44.0 Å². The molecule has 9 heteroatoms. The molecule has 3 atom stereocenters. The quantitative estimate of drug-likeness (QED) is 0.438. The Morgan fingerprint density at radius 3 is 2.39 bits per heavy atom. The fourth-order valence-electron chi connectivity index (χ4n) is 5.97. The van der Waals surface area contributed by atoms with Gasteiger partial charge in [-0.2, -0.15) is 4.39 Å². The summed E-state index contributed by atoms with van der Waals surface area (Å²) in [6, 6.07) is 14.6. The van der Waals surface area contributed by atoms with Gasteiger partial charge < -0.3 is 4.90 Å². The minimum Gasteiger partial charge on any atom is -0.369 e. The van der Waals surface area contributed by atoms with Crippen LogP contribution in [-0.2, 0) is 22.1 Å². The van der Waals surface area contributed by atoms with Gasteiger partial charge in [0.1, 0.15) is 0 Å². The highest BCUT2D eigenvalue weighted by Crippen LogP contribution is 2.42. The summed E-state index contributed by atoms with van der Waals surface area (Å²) in [5, 5.41) is -0.621. The normalized spacial score (nSPS) is 22.1. The number of halogens is 2. The van der Waals surface area contributed by atoms with Crippen LogP contribution in [-0.4, -0.2) is 49.5 Å². The van der Waals surface area contributed by atoms with E-state index in [1.807, 2.05) is 13.1 Å². The third-order valence-corrected chi connectivity index (χ3v) is 9.10. The Morgan fingerprint density at radius 1 is 1.03 bits per heavy atom. The summed E-state index contributed by atoms with van der Waals surface area (Å²) in [5.41, 5.74) is 2.17. The second-order valence-corrected chi connectivity index (χ2v) is 11.9. The molecule has 2 aromatic heterocycles. The summed E-state index contributed by atoms with van der Waals surface area (Å²) in [4.78, 5) is 12.2. The molecule has 0 N–H and O–H groups in total. The molecule has 0 radical (unpaired) electrons. The lowest BCUT2D eigenvalue weighted by Crippen LogP contribution is -2.51. The number of pyridine rings is 2. The highest BCUT2D eigenvalue weighted by Gasteiger charge is 2.44. The lowest BCUT2D eigenvalue weighted by molar-refractivity contribution is 0.138. The number of sulfone groups is 1. The van der Waals surface area contributed by atoms with Crippen molar-refractivity contribution in [1.29, 1.82) is 0 Å². The standard InChI is InChI=1S/C27H30F2N4O2S/c1-18-23(13-30-27(25(18)29)36(34,35)17-22-9-6-10-24(28)31-22)32(2)26-20-11-12-21(26)16-33(15-20)14-19-7-4-3-5-8-19/h3-10,13,20-21,26H,11-12,14-17H2,1-2H3/t20-,21+,26?. The molecule has 2 fully saturated rings. The van der Waals surface area contributed by atoms with E-state index in [9.17, 15) is 12.8 Å². The van der Waals surface area contributed by atoms with Crippen molar-refractivity contribution < 1.29 is 17.2 Å². The molecule has 36 heavy (non-hydrogen) atoms. The Balaban J connectivity index is 1.34. The van der Waals surface area contributed by atoms with Crippen LogP contribution < -0.4 is 4.90 Å². The molecule has 1 unspecified atom stereocenters. The van der Waals surface area contributed by atoms with Crippen molar-refractivity contribution in [3.63, 3.8) is 0 Å². The van der Waals surface area contributed by atoms with Crippen molar-refractivity contribution in [2.24, 2.45) is 11.8 Å². The number of aromatic nitrogens is 2. The van der Waals surface area contributed by atoms with E-state index in [0.29, 0.717) is 17.5 Å². The van der Waals surface area contributed by atoms with E-state index in [1.165, 1.54) is 23.9 Å². The van der Waals surface area contributed by atoms with Crippen molar-refractivity contribution in [1.82, 2.24) is 14.9 Å². The minimum absolute atomic E-state index is 0.00823. The fraction of sp³-hybridized carbons (Fsp3) is 0.407. The zero-order chi connectivity index (χ0) is 25.4. The number of benzene rings is 1. The third-order valence-electron chi connectivity index (χ3n) is 7.55. The monoisotopic (exact) mass is 512 g/mol. The molecule has 2 aliphatic rings. The number of piperidine rings is 1. The minimum atomic E-state index is -4.14. The maximum atomic E-state index is 15.4. The number of anilines is 1. The lowest BCUT2D eigenvalue weighted by Gasteiger charge is -2.43. The van der Waals surface area contributed by atoms with Crippen molar-refractivity contribution in [2.45, 2.75) is 43.1 Å². The summed E-state index contributed by atoms with van der Waals surface area (Å²) < 4.78 is 54.6. The zero-order valence-corrected chi connectivity index (χ0v) is 21.3. The van der Waals surface area contributed by atoms with E-state index in [4.69, 9.17) is 0 Å². The zero-order valence-electron chi connectivity index (χ0n) is 20.4. The highest BCUT2D eigenvalue weighted by molar-refractivity contribution is 7.90. The van der Waals surface area contributed by atoms with Gasteiger partial charge >= 0.3 is 0 Å². The SMILES string of the molecule is Cc1c(N(C)C2[C@@H]3CC[C@H]2CN(Cc2ccccc2)C3)cnc(S(=O)(=O)Cc2cccc(F)n2)c1F. The summed E-state index contributed by atoms with van der Waals surface area (Å²) >= 11 is 0. The van der Waals surface area contributed by atoms with Crippen LogP contribution >= 0.6 is 0 Å². The first-order valence-electron chi connectivity index (χ1n) is 12.2. The van der Waals surface area contributed by atoms with Gasteiger partial charge in [-0.15, -0.1) is 0 Å². The molecule has 1 aromatic carbocycles. The van der Waals surface area contributed by atoms with Crippen LogP contribution in [0.4, 0.5) is 14.5 Å². The number of rotatable bonds is 7. The van der Waals surface area contributed by atoms with E-state index in [-0.39, 0.29) is 17.3 Å². The Kier molecular flexibility index (Phi) is 6.78. The van der Waals surface area contributed by atoms with Gasteiger partial charge in [0.2, 0.25) is 15.8 Å². The fourth-order valence-corrected chi connectivity index (χ4v) is 7.29. The molecule has 6 nitrogen and oxygen atoms in total. The summed E-state index contributed by atoms with van der Waals surface area (Å²) in [6.45, 7) is 4.46. The van der Waals surface area contributed by atoms with Crippen LogP contribution in [0.3, 0.4) is 0 Å². The summed E-state index contributed by atoms with van der Waals surface area (Å²) in [7, 11) is -2.18. The van der Waals surface area contributed by atoms with Gasteiger partial charge in [-0.1, -0.05) is 36.4 Å². The first-order chi connectivity index (χ1) is 17.2. The number of hydrogen-bond acceptors (Lipinski definition) is 6. The third kappa shape index (κ3) is 4.86. The number of likely N-dealkylation sites (tertiary alicyclic amines) is 1. The highest BCUT2D eigenvalue weighted by atomic mass is 32.2. The van der Waals surface area contributed by atoms with Crippen LogP contribution in [0.5, 0.6) is 0 Å². The van der Waals surface area contributed by atoms with Gasteiger partial charge in [-0.05, 0) is 49.3 Å². The van der Waals surface area contributed by atoms with Gasteiger partial charge in [0.15, 0.2) is 10.8 Å². The second kappa shape index (κ2) is 9.86. The maximum absolute atomic E-state index is 15.4. The van der Waals surface area contributed by atoms with E-state index in [0.717, 1.165) is 38.5 Å². The van der Waals surface area contributed by atoms with Crippen molar-refractivity contribution in [3.8, 4) is 0 Å². The largest absolute Gasteiger partial charge is 0.369 e. The predicted octanol–water partition coefficient (Wildman–Crippen LogP) is 4.38. The Bertz CT molecular complexity index is 1340. The van der Waals surface area contributed by atoms with Crippen LogP contribution in [0.1, 0.15) is 29.7 Å². The molecule has 0 spiro atoms. The molecule has 1 aliphatic heterocycles. The molecular weight excluding hydrogens is 482 g/mol. The van der Waals surface area contributed by atoms with Gasteiger partial charge in [0.05, 0.1) is 23.3 Å². The molecule has 1 saturated heterocycles. The number of nitrogens with zero attached hydrogens (tertiary/aromatic N) is 4. The second-order valence-electron chi connectivity index (χ2n) is 9.98. The average Bonchev–Trinajstić information content (AvgIpc) is 3.10. The Morgan fingerprint density at radius 2 is 1.72 bits per heavy atom. The number of fused-ring (bicyclic) bond motifs is 2. The average molecular weight is 513 g/mol. The summed E-state index contributed by atoms with van der Waals surface area (Å²) in [5.74, 6) is -1.36. The van der Waals surface area contributed by atoms with Crippen LogP contribution in [0.2, 0.25) is 0 Å². The van der Waals surface area contributed by atoms with Crippen molar-refractivity contribution in [3.05, 3.63) is 83.3 Å². The lowest BCUT2D eigenvalue weighted by atomic mass is 9.90. The first kappa shape index (κ1) is 24.8. The van der Waals surface area contributed by atoms with Gasteiger partial charge in [0, 0.05) is 38.3 Å². The van der Waals surface area contributed by atoms with Crippen molar-refractivity contribution >= 4 is 15.5 Å². The molecule has 1 saturated carbocycles. The molecule has 0 amide bonds. The predicted molar refractivity (Wildman–Crippen MR) is 134 cm³/mol. The van der Waals surface area contributed by atoms with Gasteiger partial charge in [-0.3, -0.25) is 4.90 Å². The first-order valence-corrected chi connectivity index (χ1v) is 13.9. The topological polar surface area (TPSA) is 66.4 Å². The van der Waals surface area contributed by atoms with Crippen LogP contribution in [0.25, 0.3) is 0 Å². The van der Waals surface area contributed by atoms with E-state index >= 15 is 4.39 Å². The molecule has 2 bridgehead atoms. The van der Waals surface area contributed by atoms with E-state index < -0.39 is 32.4 Å². The smallest absolute Gasteiger partial charge is 0.213 e. The maximum Gasteiger partial charge on any atom is 0.213 e. The van der Waals surface area contributed by atoms with E-state index in [1.54, 1.807) is 6.92 Å². The molecule has 3 heterocycles. The van der Waals surface area contributed by atoms with Crippen LogP contribution in [0.15, 0.2) is 59.8 Å². The Hall–Kier alpha value is -2.91. The van der Waals surface area contributed by atoms with Gasteiger partial charge in [-0.25, -0.2) is 22.8 Å². The van der Waals surface area contributed by atoms with Crippen molar-refractivity contribution in [2.75, 3.05) is 25.0 Å². The molecule has 190 valence electrons. The summed E-state index contributed by atoms with van der Waals surface area (Å²) in [6.07, 6.45) is 3.69. The van der Waals surface area contributed by atoms with Crippen LogP contribution in [0, 0.1) is 30.5 Å². The molecule has 1 aliphatic carbocycles. The molecule has 3 aromatic rings.